The first-order valence-electron chi connectivity index (χ1n) is 10.6. The van der Waals surface area contributed by atoms with Gasteiger partial charge in [0.1, 0.15) is 11.5 Å². The van der Waals surface area contributed by atoms with Crippen molar-refractivity contribution in [3.05, 3.63) is 78.4 Å². The summed E-state index contributed by atoms with van der Waals surface area (Å²) in [5.74, 6) is 1.00. The first kappa shape index (κ1) is 24.2. The second-order valence-corrected chi connectivity index (χ2v) is 8.62. The molecule has 0 aliphatic heterocycles. The first-order chi connectivity index (χ1) is 16.0. The Kier molecular flexibility index (Phi) is 8.78. The van der Waals surface area contributed by atoms with E-state index in [2.05, 4.69) is 10.6 Å². The van der Waals surface area contributed by atoms with Crippen molar-refractivity contribution in [2.45, 2.75) is 29.9 Å². The van der Waals surface area contributed by atoms with Gasteiger partial charge in [0, 0.05) is 34.5 Å². The molecule has 0 heterocycles. The van der Waals surface area contributed by atoms with E-state index in [4.69, 9.17) is 9.47 Å². The van der Waals surface area contributed by atoms with E-state index < -0.39 is 0 Å². The second kappa shape index (κ2) is 12.0. The highest BCUT2D eigenvalue weighted by Crippen LogP contribution is 2.30. The molecule has 0 saturated heterocycles. The van der Waals surface area contributed by atoms with E-state index in [1.807, 2.05) is 61.5 Å². The molecule has 1 atom stereocenters. The van der Waals surface area contributed by atoms with Gasteiger partial charge >= 0.3 is 0 Å². The number of thioether (sulfide) groups is 1. The molecule has 2 N–H and O–H groups in total. The van der Waals surface area contributed by atoms with Crippen molar-refractivity contribution in [2.75, 3.05) is 24.9 Å². The molecular formula is C26H28N2O4S. The topological polar surface area (TPSA) is 76.7 Å². The molecule has 0 spiro atoms. The number of carbonyl (C=O) groups excluding carboxylic acids is 2. The van der Waals surface area contributed by atoms with Gasteiger partial charge in [-0.2, -0.15) is 0 Å². The minimum absolute atomic E-state index is 0.0832. The summed E-state index contributed by atoms with van der Waals surface area (Å²) in [6.45, 7) is 1.97. The number of carbonyl (C=O) groups is 2. The number of nitrogens with one attached hydrogen (secondary N) is 2. The van der Waals surface area contributed by atoms with E-state index in [1.165, 1.54) is 11.8 Å². The number of anilines is 2. The molecule has 0 fully saturated rings. The molecule has 33 heavy (non-hydrogen) atoms. The Morgan fingerprint density at radius 3 is 2.18 bits per heavy atom. The monoisotopic (exact) mass is 464 g/mol. The van der Waals surface area contributed by atoms with Crippen LogP contribution in [0, 0.1) is 0 Å². The minimum atomic E-state index is -0.308. The Balaban J connectivity index is 1.64. The first-order valence-corrected chi connectivity index (χ1v) is 11.5. The van der Waals surface area contributed by atoms with Crippen LogP contribution in [0.4, 0.5) is 11.4 Å². The highest BCUT2D eigenvalue weighted by atomic mass is 32.2. The number of ether oxygens (including phenoxy) is 2. The van der Waals surface area contributed by atoms with E-state index in [1.54, 1.807) is 32.4 Å². The number of rotatable bonds is 10. The Labute approximate surface area is 198 Å². The third-order valence-corrected chi connectivity index (χ3v) is 6.24. The van der Waals surface area contributed by atoms with Gasteiger partial charge in [0.05, 0.1) is 25.9 Å². The number of hydrogen-bond acceptors (Lipinski definition) is 5. The Morgan fingerprint density at radius 1 is 0.848 bits per heavy atom. The van der Waals surface area contributed by atoms with Crippen LogP contribution in [-0.2, 0) is 16.0 Å². The van der Waals surface area contributed by atoms with E-state index in [0.717, 1.165) is 10.5 Å². The standard InChI is InChI=1S/C26H28N2O4S/c1-4-24(26(30)28-20-14-21(31-2)17-22(15-20)32-3)33-23-12-8-11-19(16-23)27-25(29)13-18-9-6-5-7-10-18/h5-12,14-17,24H,4,13H2,1-3H3,(H,27,29)(H,28,30). The van der Waals surface area contributed by atoms with Gasteiger partial charge in [-0.1, -0.05) is 43.3 Å². The van der Waals surface area contributed by atoms with Gasteiger partial charge in [0.15, 0.2) is 0 Å². The summed E-state index contributed by atoms with van der Waals surface area (Å²) in [4.78, 5) is 26.2. The molecule has 3 rings (SSSR count). The number of amides is 2. The van der Waals surface area contributed by atoms with Crippen LogP contribution in [0.25, 0.3) is 0 Å². The van der Waals surface area contributed by atoms with Crippen LogP contribution < -0.4 is 20.1 Å². The fraction of sp³-hybridized carbons (Fsp3) is 0.231. The van der Waals surface area contributed by atoms with Crippen molar-refractivity contribution in [3.8, 4) is 11.5 Å². The van der Waals surface area contributed by atoms with Crippen LogP contribution in [0.5, 0.6) is 11.5 Å². The van der Waals surface area contributed by atoms with Gasteiger partial charge in [-0.05, 0) is 30.2 Å². The highest BCUT2D eigenvalue weighted by molar-refractivity contribution is 8.00. The lowest BCUT2D eigenvalue weighted by Crippen LogP contribution is -2.24. The predicted molar refractivity (Wildman–Crippen MR) is 133 cm³/mol. The third kappa shape index (κ3) is 7.29. The number of hydrogen-bond donors (Lipinski definition) is 2. The van der Waals surface area contributed by atoms with Gasteiger partial charge in [-0.15, -0.1) is 11.8 Å². The van der Waals surface area contributed by atoms with Crippen LogP contribution in [0.3, 0.4) is 0 Å². The molecule has 2 amide bonds. The molecule has 0 saturated carbocycles. The van der Waals surface area contributed by atoms with Crippen LogP contribution in [0.1, 0.15) is 18.9 Å². The third-order valence-electron chi connectivity index (χ3n) is 4.89. The van der Waals surface area contributed by atoms with Crippen molar-refractivity contribution in [1.82, 2.24) is 0 Å². The van der Waals surface area contributed by atoms with E-state index in [9.17, 15) is 9.59 Å². The number of methoxy groups -OCH3 is 2. The SMILES string of the molecule is CCC(Sc1cccc(NC(=O)Cc2ccccc2)c1)C(=O)Nc1cc(OC)cc(OC)c1. The lowest BCUT2D eigenvalue weighted by atomic mass is 10.1. The largest absolute Gasteiger partial charge is 0.497 e. The van der Waals surface area contributed by atoms with Crippen molar-refractivity contribution in [1.29, 1.82) is 0 Å². The van der Waals surface area contributed by atoms with Gasteiger partial charge in [0.25, 0.3) is 0 Å². The summed E-state index contributed by atoms with van der Waals surface area (Å²) in [6.07, 6.45) is 0.949. The Bertz CT molecular complexity index is 1070. The molecule has 3 aromatic carbocycles. The predicted octanol–water partition coefficient (Wildman–Crippen LogP) is 5.39. The molecule has 172 valence electrons. The average Bonchev–Trinajstić information content (AvgIpc) is 2.82. The fourth-order valence-electron chi connectivity index (χ4n) is 3.22. The van der Waals surface area contributed by atoms with Gasteiger partial charge in [-0.3, -0.25) is 9.59 Å². The van der Waals surface area contributed by atoms with Gasteiger partial charge in [-0.25, -0.2) is 0 Å². The molecule has 0 aromatic heterocycles. The molecule has 0 radical (unpaired) electrons. The molecule has 1 unspecified atom stereocenters. The van der Waals surface area contributed by atoms with Crippen LogP contribution >= 0.6 is 11.8 Å². The van der Waals surface area contributed by atoms with Crippen LogP contribution in [0.2, 0.25) is 0 Å². The second-order valence-electron chi connectivity index (χ2n) is 7.34. The summed E-state index contributed by atoms with van der Waals surface area (Å²) >= 11 is 1.46. The average molecular weight is 465 g/mol. The Hall–Kier alpha value is -3.45. The summed E-state index contributed by atoms with van der Waals surface area (Å²) in [7, 11) is 3.13. The van der Waals surface area contributed by atoms with Gasteiger partial charge < -0.3 is 20.1 Å². The minimum Gasteiger partial charge on any atom is -0.497 e. The van der Waals surface area contributed by atoms with E-state index >= 15 is 0 Å². The highest BCUT2D eigenvalue weighted by Gasteiger charge is 2.19. The smallest absolute Gasteiger partial charge is 0.237 e. The molecule has 0 bridgehead atoms. The summed E-state index contributed by atoms with van der Waals surface area (Å²) in [5.41, 5.74) is 2.27. The zero-order valence-corrected chi connectivity index (χ0v) is 19.8. The molecule has 3 aromatic rings. The quantitative estimate of drug-likeness (QED) is 0.393. The summed E-state index contributed by atoms with van der Waals surface area (Å²) in [5, 5.41) is 5.58. The maximum atomic E-state index is 12.9. The van der Waals surface area contributed by atoms with E-state index in [0.29, 0.717) is 35.7 Å². The molecule has 7 heteroatoms. The van der Waals surface area contributed by atoms with Crippen molar-refractivity contribution in [2.24, 2.45) is 0 Å². The molecule has 0 aliphatic carbocycles. The lowest BCUT2D eigenvalue weighted by molar-refractivity contribution is -0.116. The maximum Gasteiger partial charge on any atom is 0.237 e. The van der Waals surface area contributed by atoms with E-state index in [-0.39, 0.29) is 17.1 Å². The maximum absolute atomic E-state index is 12.9. The molecule has 6 nitrogen and oxygen atoms in total. The summed E-state index contributed by atoms with van der Waals surface area (Å²) < 4.78 is 10.5. The van der Waals surface area contributed by atoms with Gasteiger partial charge in [0.2, 0.25) is 11.8 Å². The zero-order valence-electron chi connectivity index (χ0n) is 19.0. The fourth-order valence-corrected chi connectivity index (χ4v) is 4.24. The molecular weight excluding hydrogens is 436 g/mol. The van der Waals surface area contributed by atoms with Crippen LogP contribution in [0.15, 0.2) is 77.7 Å². The van der Waals surface area contributed by atoms with Crippen molar-refractivity contribution in [3.63, 3.8) is 0 Å². The Morgan fingerprint density at radius 2 is 1.55 bits per heavy atom. The van der Waals surface area contributed by atoms with Crippen LogP contribution in [-0.4, -0.2) is 31.3 Å². The number of benzene rings is 3. The summed E-state index contributed by atoms with van der Waals surface area (Å²) in [6, 6.07) is 22.4. The molecule has 0 aliphatic rings. The zero-order chi connectivity index (χ0) is 23.6. The van der Waals surface area contributed by atoms with Crippen molar-refractivity contribution < 1.29 is 19.1 Å². The lowest BCUT2D eigenvalue weighted by Gasteiger charge is -2.16. The van der Waals surface area contributed by atoms with Crippen molar-refractivity contribution >= 4 is 35.0 Å². The normalized spacial score (nSPS) is 11.4.